The van der Waals surface area contributed by atoms with Crippen molar-refractivity contribution in [3.8, 4) is 5.95 Å². The molecule has 4 nitrogen and oxygen atoms in total. The maximum Gasteiger partial charge on any atom is 0.251 e. The number of rotatable bonds is 2. The van der Waals surface area contributed by atoms with Crippen LogP contribution < -0.4 is 0 Å². The summed E-state index contributed by atoms with van der Waals surface area (Å²) < 4.78 is 1.58. The van der Waals surface area contributed by atoms with Crippen molar-refractivity contribution < 1.29 is 0 Å². The Hall–Kier alpha value is -1.42. The molecule has 2 aromatic rings. The second kappa shape index (κ2) is 4.22. The molecule has 0 unspecified atom stereocenters. The lowest BCUT2D eigenvalue weighted by atomic mass is 10.1. The van der Waals surface area contributed by atoms with E-state index in [9.17, 15) is 0 Å². The van der Waals surface area contributed by atoms with E-state index < -0.39 is 0 Å². The van der Waals surface area contributed by atoms with Crippen molar-refractivity contribution >= 4 is 11.6 Å². The molecule has 2 heterocycles. The standard InChI is InChI=1S/C11H13ClN4/c1-7(2)9-8(3)15-16(10(9)12)11-13-5-4-6-14-11/h4-7H,1-3H3. The van der Waals surface area contributed by atoms with Gasteiger partial charge < -0.3 is 0 Å². The zero-order chi connectivity index (χ0) is 11.7. The molecule has 0 N–H and O–H groups in total. The molecule has 0 fully saturated rings. The van der Waals surface area contributed by atoms with Crippen molar-refractivity contribution in [1.82, 2.24) is 19.7 Å². The fourth-order valence-electron chi connectivity index (χ4n) is 1.70. The predicted octanol–water partition coefficient (Wildman–Crippen LogP) is 2.75. The molecule has 0 bridgehead atoms. The molecule has 0 aliphatic carbocycles. The molecule has 0 aliphatic rings. The van der Waals surface area contributed by atoms with Crippen molar-refractivity contribution in [2.75, 3.05) is 0 Å². The normalized spacial score (nSPS) is 11.1. The van der Waals surface area contributed by atoms with E-state index in [4.69, 9.17) is 11.6 Å². The molecule has 16 heavy (non-hydrogen) atoms. The van der Waals surface area contributed by atoms with Crippen LogP contribution in [-0.4, -0.2) is 19.7 Å². The second-order valence-corrected chi connectivity index (χ2v) is 4.26. The van der Waals surface area contributed by atoms with Crippen LogP contribution in [0.2, 0.25) is 5.15 Å². The van der Waals surface area contributed by atoms with Gasteiger partial charge in [0.05, 0.1) is 5.69 Å². The van der Waals surface area contributed by atoms with Crippen LogP contribution in [0.25, 0.3) is 5.95 Å². The Kier molecular flexibility index (Phi) is 2.92. The first-order chi connectivity index (χ1) is 7.61. The van der Waals surface area contributed by atoms with E-state index in [1.54, 1.807) is 23.1 Å². The highest BCUT2D eigenvalue weighted by Gasteiger charge is 2.17. The number of halogens is 1. The van der Waals surface area contributed by atoms with Crippen molar-refractivity contribution in [2.24, 2.45) is 0 Å². The van der Waals surface area contributed by atoms with Crippen LogP contribution in [0.1, 0.15) is 31.0 Å². The van der Waals surface area contributed by atoms with Gasteiger partial charge in [-0.25, -0.2) is 9.97 Å². The van der Waals surface area contributed by atoms with Crippen LogP contribution in [0, 0.1) is 6.92 Å². The van der Waals surface area contributed by atoms with E-state index in [1.165, 1.54) is 0 Å². The molecular weight excluding hydrogens is 224 g/mol. The number of nitrogens with zero attached hydrogens (tertiary/aromatic N) is 4. The average Bonchev–Trinajstić information content (AvgIpc) is 2.55. The number of aromatic nitrogens is 4. The van der Waals surface area contributed by atoms with Gasteiger partial charge in [-0.15, -0.1) is 0 Å². The third-order valence-electron chi connectivity index (χ3n) is 2.37. The maximum absolute atomic E-state index is 6.28. The molecule has 84 valence electrons. The zero-order valence-corrected chi connectivity index (χ0v) is 10.2. The molecule has 2 rings (SSSR count). The zero-order valence-electron chi connectivity index (χ0n) is 9.48. The minimum Gasteiger partial charge on any atom is -0.220 e. The van der Waals surface area contributed by atoms with E-state index in [0.29, 0.717) is 17.0 Å². The summed E-state index contributed by atoms with van der Waals surface area (Å²) in [7, 11) is 0. The molecule has 0 atom stereocenters. The van der Waals surface area contributed by atoms with E-state index in [-0.39, 0.29) is 0 Å². The first-order valence-corrected chi connectivity index (χ1v) is 5.51. The minimum atomic E-state index is 0.338. The molecule has 0 aromatic carbocycles. The lowest BCUT2D eigenvalue weighted by Crippen LogP contribution is -2.02. The van der Waals surface area contributed by atoms with Crippen molar-refractivity contribution in [3.05, 3.63) is 34.9 Å². The maximum atomic E-state index is 6.28. The monoisotopic (exact) mass is 236 g/mol. The van der Waals surface area contributed by atoms with Gasteiger partial charge in [0.1, 0.15) is 5.15 Å². The number of hydrogen-bond donors (Lipinski definition) is 0. The Morgan fingerprint density at radius 1 is 1.25 bits per heavy atom. The Labute approximate surface area is 99.3 Å². The van der Waals surface area contributed by atoms with Gasteiger partial charge in [0, 0.05) is 18.0 Å². The molecule has 0 radical (unpaired) electrons. The summed E-state index contributed by atoms with van der Waals surface area (Å²) in [4.78, 5) is 8.26. The largest absolute Gasteiger partial charge is 0.251 e. The highest BCUT2D eigenvalue weighted by atomic mass is 35.5. The van der Waals surface area contributed by atoms with Crippen LogP contribution in [-0.2, 0) is 0 Å². The molecule has 0 amide bonds. The van der Waals surface area contributed by atoms with Gasteiger partial charge in [0.2, 0.25) is 0 Å². The first kappa shape index (κ1) is 11.1. The molecule has 0 aliphatic heterocycles. The molecular formula is C11H13ClN4. The molecule has 2 aromatic heterocycles. The van der Waals surface area contributed by atoms with Gasteiger partial charge in [-0.1, -0.05) is 25.4 Å². The van der Waals surface area contributed by atoms with Gasteiger partial charge in [-0.3, -0.25) is 0 Å². The average molecular weight is 237 g/mol. The smallest absolute Gasteiger partial charge is 0.220 e. The second-order valence-electron chi connectivity index (χ2n) is 3.91. The fourth-order valence-corrected chi connectivity index (χ4v) is 2.17. The summed E-state index contributed by atoms with van der Waals surface area (Å²) in [6, 6.07) is 1.76. The van der Waals surface area contributed by atoms with Gasteiger partial charge in [0.15, 0.2) is 0 Å². The quantitative estimate of drug-likeness (QED) is 0.805. The third kappa shape index (κ3) is 1.80. The Bertz CT molecular complexity index is 490. The summed E-state index contributed by atoms with van der Waals surface area (Å²) in [5.41, 5.74) is 1.97. The third-order valence-corrected chi connectivity index (χ3v) is 2.73. The van der Waals surface area contributed by atoms with Crippen LogP contribution in [0.15, 0.2) is 18.5 Å². The lowest BCUT2D eigenvalue weighted by Gasteiger charge is -2.03. The van der Waals surface area contributed by atoms with Gasteiger partial charge in [0.25, 0.3) is 5.95 Å². The summed E-state index contributed by atoms with van der Waals surface area (Å²) in [6.45, 7) is 6.12. The first-order valence-electron chi connectivity index (χ1n) is 5.13. The molecule has 5 heteroatoms. The summed E-state index contributed by atoms with van der Waals surface area (Å²) in [6.07, 6.45) is 3.34. The Morgan fingerprint density at radius 2 is 1.88 bits per heavy atom. The molecule has 0 spiro atoms. The summed E-state index contributed by atoms with van der Waals surface area (Å²) in [5, 5.41) is 4.96. The van der Waals surface area contributed by atoms with Gasteiger partial charge in [-0.2, -0.15) is 9.78 Å². The number of aryl methyl sites for hydroxylation is 1. The summed E-state index contributed by atoms with van der Waals surface area (Å²) in [5.74, 6) is 0.840. The van der Waals surface area contributed by atoms with E-state index in [2.05, 4.69) is 28.9 Å². The van der Waals surface area contributed by atoms with Crippen molar-refractivity contribution in [1.29, 1.82) is 0 Å². The van der Waals surface area contributed by atoms with E-state index in [0.717, 1.165) is 11.3 Å². The SMILES string of the molecule is Cc1nn(-c2ncccn2)c(Cl)c1C(C)C. The van der Waals surface area contributed by atoms with Crippen LogP contribution in [0.4, 0.5) is 0 Å². The van der Waals surface area contributed by atoms with E-state index >= 15 is 0 Å². The number of hydrogen-bond acceptors (Lipinski definition) is 3. The Balaban J connectivity index is 2.56. The van der Waals surface area contributed by atoms with Crippen LogP contribution >= 0.6 is 11.6 Å². The molecule has 0 saturated heterocycles. The predicted molar refractivity (Wildman–Crippen MR) is 63.0 cm³/mol. The summed E-state index contributed by atoms with van der Waals surface area (Å²) >= 11 is 6.28. The fraction of sp³-hybridized carbons (Fsp3) is 0.364. The highest BCUT2D eigenvalue weighted by Crippen LogP contribution is 2.28. The van der Waals surface area contributed by atoms with Gasteiger partial charge in [-0.05, 0) is 18.9 Å². The van der Waals surface area contributed by atoms with Crippen molar-refractivity contribution in [2.45, 2.75) is 26.7 Å². The van der Waals surface area contributed by atoms with Crippen LogP contribution in [0.5, 0.6) is 0 Å². The van der Waals surface area contributed by atoms with Gasteiger partial charge >= 0.3 is 0 Å². The lowest BCUT2D eigenvalue weighted by molar-refractivity contribution is 0.797. The van der Waals surface area contributed by atoms with Crippen molar-refractivity contribution in [3.63, 3.8) is 0 Å². The minimum absolute atomic E-state index is 0.338. The van der Waals surface area contributed by atoms with Crippen LogP contribution in [0.3, 0.4) is 0 Å². The highest BCUT2D eigenvalue weighted by molar-refractivity contribution is 6.30. The Morgan fingerprint density at radius 3 is 2.38 bits per heavy atom. The van der Waals surface area contributed by atoms with E-state index in [1.807, 2.05) is 6.92 Å². The molecule has 0 saturated carbocycles. The topological polar surface area (TPSA) is 43.6 Å².